The predicted octanol–water partition coefficient (Wildman–Crippen LogP) is 6.12. The van der Waals surface area contributed by atoms with Crippen LogP contribution in [0.1, 0.15) is 110 Å². The van der Waals surface area contributed by atoms with E-state index in [1.54, 1.807) is 0 Å². The standard InChI is InChI=1S/C24H45N5O5S/c1-2-3-4-5-6-7-8-9-10-11-12-13-14-15-16-17-18-29(19-20-35(32,33)34)24-26-22(25)21(28-31)23(30)27-24/h2-20H2,1H3,(H,32,33,34)(H3,25,26,27,30). The predicted molar refractivity (Wildman–Crippen MR) is 142 cm³/mol. The van der Waals surface area contributed by atoms with Crippen LogP contribution in [0.5, 0.6) is 5.88 Å². The first-order chi connectivity index (χ1) is 16.8. The number of anilines is 2. The highest BCUT2D eigenvalue weighted by Gasteiger charge is 2.18. The van der Waals surface area contributed by atoms with Crippen LogP contribution in [0.25, 0.3) is 0 Å². The van der Waals surface area contributed by atoms with Gasteiger partial charge in [-0.3, -0.25) is 4.55 Å². The maximum atomic E-state index is 11.2. The van der Waals surface area contributed by atoms with Crippen molar-refractivity contribution in [1.29, 1.82) is 0 Å². The normalized spacial score (nSPS) is 11.6. The second-order valence-corrected chi connectivity index (χ2v) is 10.8. The number of aromatic nitrogens is 2. The maximum absolute atomic E-state index is 11.2. The average molecular weight is 516 g/mol. The van der Waals surface area contributed by atoms with Gasteiger partial charge in [0.05, 0.1) is 5.75 Å². The third-order valence-electron chi connectivity index (χ3n) is 6.16. The molecule has 0 aromatic carbocycles. The lowest BCUT2D eigenvalue weighted by Crippen LogP contribution is -2.32. The van der Waals surface area contributed by atoms with Gasteiger partial charge in [-0.15, -0.1) is 4.91 Å². The van der Waals surface area contributed by atoms with Crippen molar-refractivity contribution in [1.82, 2.24) is 9.97 Å². The molecule has 0 atom stereocenters. The zero-order chi connectivity index (χ0) is 25.9. The summed E-state index contributed by atoms with van der Waals surface area (Å²) in [5.41, 5.74) is 5.19. The van der Waals surface area contributed by atoms with Gasteiger partial charge >= 0.3 is 0 Å². The highest BCUT2D eigenvalue weighted by Crippen LogP contribution is 2.31. The number of nitrogen functional groups attached to an aromatic ring is 1. The molecule has 0 unspecified atom stereocenters. The lowest BCUT2D eigenvalue weighted by atomic mass is 10.0. The first kappa shape index (κ1) is 31.0. The Morgan fingerprint density at radius 1 is 0.800 bits per heavy atom. The minimum absolute atomic E-state index is 0.00277. The second-order valence-electron chi connectivity index (χ2n) is 9.25. The number of nitrogens with two attached hydrogens (primary N) is 1. The third-order valence-corrected chi connectivity index (χ3v) is 6.85. The van der Waals surface area contributed by atoms with Gasteiger partial charge < -0.3 is 15.7 Å². The Morgan fingerprint density at radius 2 is 1.26 bits per heavy atom. The van der Waals surface area contributed by atoms with E-state index in [0.29, 0.717) is 6.54 Å². The number of hydrogen-bond acceptors (Lipinski definition) is 9. The molecule has 202 valence electrons. The molecule has 1 rings (SSSR count). The largest absolute Gasteiger partial charge is 0.491 e. The molecule has 0 saturated carbocycles. The molecule has 10 nitrogen and oxygen atoms in total. The summed E-state index contributed by atoms with van der Waals surface area (Å²) in [7, 11) is -4.18. The quantitative estimate of drug-likeness (QED) is 0.0939. The van der Waals surface area contributed by atoms with E-state index in [4.69, 9.17) is 10.3 Å². The number of nitroso groups, excluding NO2 is 1. The molecule has 0 aliphatic rings. The molecule has 1 aromatic heterocycles. The van der Waals surface area contributed by atoms with Crippen LogP contribution in [0.3, 0.4) is 0 Å². The lowest BCUT2D eigenvalue weighted by molar-refractivity contribution is 0.453. The number of hydrogen-bond donors (Lipinski definition) is 3. The van der Waals surface area contributed by atoms with E-state index in [1.165, 1.54) is 81.9 Å². The van der Waals surface area contributed by atoms with E-state index in [-0.39, 0.29) is 18.3 Å². The Balaban J connectivity index is 2.23. The smallest absolute Gasteiger partial charge is 0.266 e. The van der Waals surface area contributed by atoms with Crippen molar-refractivity contribution in [3.63, 3.8) is 0 Å². The maximum Gasteiger partial charge on any atom is 0.266 e. The molecule has 0 bridgehead atoms. The molecule has 0 amide bonds. The Kier molecular flexibility index (Phi) is 16.2. The first-order valence-corrected chi connectivity index (χ1v) is 14.8. The van der Waals surface area contributed by atoms with Crippen molar-refractivity contribution < 1.29 is 18.1 Å². The minimum Gasteiger partial charge on any atom is -0.491 e. The molecule has 35 heavy (non-hydrogen) atoms. The highest BCUT2D eigenvalue weighted by atomic mass is 32.2. The molecule has 0 fully saturated rings. The van der Waals surface area contributed by atoms with Crippen molar-refractivity contribution in [2.45, 2.75) is 110 Å². The van der Waals surface area contributed by atoms with Gasteiger partial charge in [-0.05, 0) is 11.6 Å². The van der Waals surface area contributed by atoms with Gasteiger partial charge in [0.15, 0.2) is 5.82 Å². The van der Waals surface area contributed by atoms with Gasteiger partial charge in [-0.1, -0.05) is 103 Å². The number of aromatic hydroxyl groups is 1. The summed E-state index contributed by atoms with van der Waals surface area (Å²) in [6, 6.07) is 0. The average Bonchev–Trinajstić information content (AvgIpc) is 2.79. The van der Waals surface area contributed by atoms with Gasteiger partial charge in [0.1, 0.15) is 0 Å². The molecule has 1 aromatic rings. The van der Waals surface area contributed by atoms with Crippen molar-refractivity contribution in [2.24, 2.45) is 5.18 Å². The van der Waals surface area contributed by atoms with Crippen LogP contribution in [-0.4, -0.2) is 46.9 Å². The topological polar surface area (TPSA) is 159 Å². The van der Waals surface area contributed by atoms with Crippen LogP contribution in [0, 0.1) is 4.91 Å². The van der Waals surface area contributed by atoms with E-state index in [2.05, 4.69) is 22.1 Å². The summed E-state index contributed by atoms with van der Waals surface area (Å²) >= 11 is 0. The Bertz CT molecular complexity index is 800. The molecule has 4 N–H and O–H groups in total. The van der Waals surface area contributed by atoms with Crippen LogP contribution < -0.4 is 10.6 Å². The molecule has 0 aliphatic carbocycles. The third kappa shape index (κ3) is 14.9. The van der Waals surface area contributed by atoms with Crippen molar-refractivity contribution in [3.05, 3.63) is 4.91 Å². The molecule has 0 saturated heterocycles. The molecule has 0 spiro atoms. The van der Waals surface area contributed by atoms with E-state index in [0.717, 1.165) is 25.7 Å². The zero-order valence-electron chi connectivity index (χ0n) is 21.3. The molecule has 0 aliphatic heterocycles. The minimum atomic E-state index is -4.18. The number of rotatable bonds is 22. The summed E-state index contributed by atoms with van der Waals surface area (Å²) in [6.45, 7) is 2.62. The Labute approximate surface area is 210 Å². The van der Waals surface area contributed by atoms with Gasteiger partial charge in [0.2, 0.25) is 17.5 Å². The SMILES string of the molecule is CCCCCCCCCCCCCCCCCCN(CCS(=O)(=O)O)c1nc(N)c(N=O)c(O)n1. The van der Waals surface area contributed by atoms with Crippen LogP contribution in [-0.2, 0) is 10.1 Å². The van der Waals surface area contributed by atoms with Crippen molar-refractivity contribution in [3.8, 4) is 5.88 Å². The Hall–Kier alpha value is -2.01. The van der Waals surface area contributed by atoms with E-state index in [1.807, 2.05) is 0 Å². The first-order valence-electron chi connectivity index (χ1n) is 13.2. The summed E-state index contributed by atoms with van der Waals surface area (Å²) in [4.78, 5) is 20.0. The number of nitrogens with zero attached hydrogens (tertiary/aromatic N) is 4. The van der Waals surface area contributed by atoms with Crippen LogP contribution in [0.15, 0.2) is 5.18 Å². The fraction of sp³-hybridized carbons (Fsp3) is 0.833. The van der Waals surface area contributed by atoms with Gasteiger partial charge in [0, 0.05) is 13.1 Å². The van der Waals surface area contributed by atoms with Crippen molar-refractivity contribution in [2.75, 3.05) is 29.5 Å². The number of unbranched alkanes of at least 4 members (excludes halogenated alkanes) is 15. The fourth-order valence-corrected chi connectivity index (χ4v) is 4.52. The summed E-state index contributed by atoms with van der Waals surface area (Å²) in [5.74, 6) is -1.46. The molecule has 11 heteroatoms. The zero-order valence-corrected chi connectivity index (χ0v) is 22.1. The fourth-order valence-electron chi connectivity index (χ4n) is 4.07. The van der Waals surface area contributed by atoms with E-state index in [9.17, 15) is 18.4 Å². The lowest BCUT2D eigenvalue weighted by Gasteiger charge is -2.22. The van der Waals surface area contributed by atoms with Gasteiger partial charge in [0.25, 0.3) is 10.1 Å². The summed E-state index contributed by atoms with van der Waals surface area (Å²) in [5, 5.41) is 12.4. The molecule has 0 radical (unpaired) electrons. The van der Waals surface area contributed by atoms with E-state index >= 15 is 0 Å². The van der Waals surface area contributed by atoms with Crippen LogP contribution in [0.2, 0.25) is 0 Å². The Morgan fingerprint density at radius 3 is 1.66 bits per heavy atom. The van der Waals surface area contributed by atoms with Crippen LogP contribution in [0.4, 0.5) is 17.5 Å². The summed E-state index contributed by atoms with van der Waals surface area (Å²) in [6.07, 6.45) is 20.0. The molecule has 1 heterocycles. The van der Waals surface area contributed by atoms with Crippen molar-refractivity contribution >= 4 is 27.6 Å². The monoisotopic (exact) mass is 515 g/mol. The molecular formula is C24H45N5O5S. The van der Waals surface area contributed by atoms with Gasteiger partial charge in [-0.25, -0.2) is 0 Å². The van der Waals surface area contributed by atoms with Gasteiger partial charge in [-0.2, -0.15) is 18.4 Å². The molecular weight excluding hydrogens is 470 g/mol. The highest BCUT2D eigenvalue weighted by molar-refractivity contribution is 7.85. The summed E-state index contributed by atoms with van der Waals surface area (Å²) < 4.78 is 31.5. The van der Waals surface area contributed by atoms with Crippen LogP contribution >= 0.6 is 0 Å². The second kappa shape index (κ2) is 18.3. The van der Waals surface area contributed by atoms with E-state index < -0.39 is 27.4 Å².